The summed E-state index contributed by atoms with van der Waals surface area (Å²) in [6, 6.07) is 19.7. The van der Waals surface area contributed by atoms with Crippen LogP contribution in [0.25, 0.3) is 21.8 Å². The molecule has 0 fully saturated rings. The Bertz CT molecular complexity index is 1300. The van der Waals surface area contributed by atoms with Crippen LogP contribution in [0.2, 0.25) is 0 Å². The fourth-order valence-corrected chi connectivity index (χ4v) is 3.96. The molecule has 0 saturated heterocycles. The normalized spacial score (nSPS) is 11.2. The van der Waals surface area contributed by atoms with Crippen molar-refractivity contribution in [1.29, 1.82) is 0 Å². The van der Waals surface area contributed by atoms with Gasteiger partial charge in [-0.3, -0.25) is 9.59 Å². The molecule has 1 N–H and O–H groups in total. The van der Waals surface area contributed by atoms with E-state index in [1.54, 1.807) is 10.6 Å². The number of hydrogen-bond acceptors (Lipinski definition) is 2. The topological polar surface area (TPSA) is 59.3 Å². The second kappa shape index (κ2) is 7.55. The maximum Gasteiger partial charge on any atom is 0.323 e. The number of hydrogen-bond donors (Lipinski definition) is 1. The molecule has 0 bridgehead atoms. The van der Waals surface area contributed by atoms with Crippen molar-refractivity contribution in [1.82, 2.24) is 4.57 Å². The van der Waals surface area contributed by atoms with Crippen LogP contribution in [-0.4, -0.2) is 15.6 Å². The molecule has 4 heteroatoms. The number of aryl methyl sites for hydroxylation is 4. The molecule has 3 aromatic carbocycles. The van der Waals surface area contributed by atoms with Gasteiger partial charge in [0.1, 0.15) is 6.54 Å². The minimum atomic E-state index is -0.929. The minimum absolute atomic E-state index is 0.0469. The first-order chi connectivity index (χ1) is 13.9. The Morgan fingerprint density at radius 3 is 2.45 bits per heavy atom. The smallest absolute Gasteiger partial charge is 0.323 e. The predicted octanol–water partition coefficient (Wildman–Crippen LogP) is 4.64. The van der Waals surface area contributed by atoms with Gasteiger partial charge in [-0.1, -0.05) is 36.4 Å². The molecule has 1 aromatic heterocycles. The Hall–Kier alpha value is -3.40. The summed E-state index contributed by atoms with van der Waals surface area (Å²) >= 11 is 0. The summed E-state index contributed by atoms with van der Waals surface area (Å²) < 4.78 is 1.73. The van der Waals surface area contributed by atoms with Gasteiger partial charge in [0.15, 0.2) is 5.43 Å². The number of pyridine rings is 1. The summed E-state index contributed by atoms with van der Waals surface area (Å²) in [4.78, 5) is 24.6. The van der Waals surface area contributed by atoms with Crippen LogP contribution in [0, 0.1) is 13.8 Å². The summed E-state index contributed by atoms with van der Waals surface area (Å²) in [5, 5.41) is 10.5. The highest BCUT2D eigenvalue weighted by molar-refractivity contribution is 5.95. The van der Waals surface area contributed by atoms with E-state index >= 15 is 0 Å². The van der Waals surface area contributed by atoms with Gasteiger partial charge in [-0.2, -0.15) is 0 Å². The van der Waals surface area contributed by atoms with Crippen LogP contribution < -0.4 is 5.43 Å². The lowest BCUT2D eigenvalue weighted by Gasteiger charge is -2.15. The number of benzene rings is 3. The van der Waals surface area contributed by atoms with Crippen molar-refractivity contribution in [3.63, 3.8) is 0 Å². The van der Waals surface area contributed by atoms with Crippen molar-refractivity contribution < 1.29 is 9.90 Å². The van der Waals surface area contributed by atoms with E-state index in [9.17, 15) is 14.7 Å². The Morgan fingerprint density at radius 2 is 1.69 bits per heavy atom. The van der Waals surface area contributed by atoms with E-state index in [4.69, 9.17) is 0 Å². The fraction of sp³-hybridized carbons (Fsp3) is 0.200. The SMILES string of the molecule is Cc1ccc2c(=O)c3cc(CCc4ccccc4C)ccc3n(CC(=O)O)c2c1. The van der Waals surface area contributed by atoms with Gasteiger partial charge in [0.05, 0.1) is 11.0 Å². The molecule has 0 aliphatic carbocycles. The maximum atomic E-state index is 13.2. The highest BCUT2D eigenvalue weighted by Crippen LogP contribution is 2.22. The summed E-state index contributed by atoms with van der Waals surface area (Å²) in [7, 11) is 0. The maximum absolute atomic E-state index is 13.2. The van der Waals surface area contributed by atoms with Gasteiger partial charge in [-0.15, -0.1) is 0 Å². The third kappa shape index (κ3) is 3.66. The van der Waals surface area contributed by atoms with Crippen molar-refractivity contribution in [3.05, 3.63) is 93.1 Å². The number of carboxylic acid groups (broad SMARTS) is 1. The average molecular weight is 385 g/mol. The van der Waals surface area contributed by atoms with Crippen molar-refractivity contribution in [2.75, 3.05) is 0 Å². The molecular formula is C25H23NO3. The predicted molar refractivity (Wildman–Crippen MR) is 117 cm³/mol. The fourth-order valence-electron chi connectivity index (χ4n) is 3.96. The number of aromatic nitrogens is 1. The first kappa shape index (κ1) is 18.9. The van der Waals surface area contributed by atoms with Crippen molar-refractivity contribution >= 4 is 27.8 Å². The Kier molecular flexibility index (Phi) is 4.93. The largest absolute Gasteiger partial charge is 0.480 e. The molecule has 29 heavy (non-hydrogen) atoms. The summed E-state index contributed by atoms with van der Waals surface area (Å²) in [5.41, 5.74) is 5.90. The second-order valence-corrected chi connectivity index (χ2v) is 7.61. The van der Waals surface area contributed by atoms with E-state index in [-0.39, 0.29) is 12.0 Å². The van der Waals surface area contributed by atoms with Gasteiger partial charge < -0.3 is 9.67 Å². The minimum Gasteiger partial charge on any atom is -0.480 e. The van der Waals surface area contributed by atoms with E-state index in [0.717, 1.165) is 24.0 Å². The Balaban J connectivity index is 1.84. The third-order valence-corrected chi connectivity index (χ3v) is 5.52. The molecule has 0 aliphatic rings. The molecule has 4 nitrogen and oxygen atoms in total. The summed E-state index contributed by atoms with van der Waals surface area (Å²) in [5.74, 6) is -0.929. The van der Waals surface area contributed by atoms with E-state index in [1.807, 2.05) is 49.4 Å². The van der Waals surface area contributed by atoms with E-state index in [2.05, 4.69) is 19.1 Å². The van der Waals surface area contributed by atoms with Crippen LogP contribution in [0.4, 0.5) is 0 Å². The number of carbonyl (C=O) groups is 1. The van der Waals surface area contributed by atoms with Crippen LogP contribution in [0.15, 0.2) is 65.5 Å². The summed E-state index contributed by atoms with van der Waals surface area (Å²) in [6.45, 7) is 3.86. The zero-order valence-corrected chi connectivity index (χ0v) is 16.6. The molecule has 0 atom stereocenters. The number of aliphatic carboxylic acids is 1. The quantitative estimate of drug-likeness (QED) is 0.509. The molecule has 0 aliphatic heterocycles. The molecule has 1 heterocycles. The van der Waals surface area contributed by atoms with Crippen LogP contribution >= 0.6 is 0 Å². The third-order valence-electron chi connectivity index (χ3n) is 5.52. The molecule has 0 spiro atoms. The van der Waals surface area contributed by atoms with Gasteiger partial charge >= 0.3 is 5.97 Å². The zero-order chi connectivity index (χ0) is 20.5. The van der Waals surface area contributed by atoms with Gasteiger partial charge in [-0.05, 0) is 73.2 Å². The Morgan fingerprint density at radius 1 is 0.897 bits per heavy atom. The first-order valence-corrected chi connectivity index (χ1v) is 9.76. The van der Waals surface area contributed by atoms with Gasteiger partial charge in [0, 0.05) is 10.8 Å². The average Bonchev–Trinajstić information content (AvgIpc) is 2.70. The summed E-state index contributed by atoms with van der Waals surface area (Å²) in [6.07, 6.45) is 1.72. The molecule has 4 aromatic rings. The number of carboxylic acids is 1. The van der Waals surface area contributed by atoms with Crippen molar-refractivity contribution in [3.8, 4) is 0 Å². The first-order valence-electron chi connectivity index (χ1n) is 9.76. The standard InChI is InChI=1S/C25H23NO3/c1-16-7-11-20-23(13-16)26(15-24(27)28)22-12-9-18(14-21(22)25(20)29)8-10-19-6-4-3-5-17(19)2/h3-7,9,11-14H,8,10,15H2,1-2H3,(H,27,28). The molecule has 0 saturated carbocycles. The molecule has 146 valence electrons. The van der Waals surface area contributed by atoms with E-state index < -0.39 is 5.97 Å². The number of nitrogens with zero attached hydrogens (tertiary/aromatic N) is 1. The second-order valence-electron chi connectivity index (χ2n) is 7.61. The van der Waals surface area contributed by atoms with Gasteiger partial charge in [-0.25, -0.2) is 0 Å². The number of fused-ring (bicyclic) bond motifs is 2. The van der Waals surface area contributed by atoms with Crippen molar-refractivity contribution in [2.45, 2.75) is 33.2 Å². The van der Waals surface area contributed by atoms with Crippen LogP contribution in [0.3, 0.4) is 0 Å². The van der Waals surface area contributed by atoms with E-state index in [1.165, 1.54) is 11.1 Å². The lowest BCUT2D eigenvalue weighted by molar-refractivity contribution is -0.137. The molecule has 0 amide bonds. The molecule has 4 rings (SSSR count). The molecule has 0 unspecified atom stereocenters. The molecular weight excluding hydrogens is 362 g/mol. The van der Waals surface area contributed by atoms with Crippen molar-refractivity contribution in [2.24, 2.45) is 0 Å². The van der Waals surface area contributed by atoms with Gasteiger partial charge in [0.25, 0.3) is 0 Å². The highest BCUT2D eigenvalue weighted by Gasteiger charge is 2.14. The molecule has 0 radical (unpaired) electrons. The lowest BCUT2D eigenvalue weighted by atomic mass is 9.99. The Labute approximate surface area is 169 Å². The van der Waals surface area contributed by atoms with Crippen LogP contribution in [-0.2, 0) is 24.2 Å². The van der Waals surface area contributed by atoms with Crippen LogP contribution in [0.1, 0.15) is 22.3 Å². The zero-order valence-electron chi connectivity index (χ0n) is 16.6. The lowest BCUT2D eigenvalue weighted by Crippen LogP contribution is -2.16. The highest BCUT2D eigenvalue weighted by atomic mass is 16.4. The monoisotopic (exact) mass is 385 g/mol. The number of rotatable bonds is 5. The van der Waals surface area contributed by atoms with Crippen LogP contribution in [0.5, 0.6) is 0 Å². The van der Waals surface area contributed by atoms with E-state index in [0.29, 0.717) is 21.8 Å². The van der Waals surface area contributed by atoms with Gasteiger partial charge in [0.2, 0.25) is 0 Å².